The van der Waals surface area contributed by atoms with E-state index in [4.69, 9.17) is 8.92 Å². The van der Waals surface area contributed by atoms with E-state index in [1.54, 1.807) is 6.92 Å². The molecule has 3 aromatic carbocycles. The van der Waals surface area contributed by atoms with Crippen LogP contribution in [0.15, 0.2) is 102 Å². The highest BCUT2D eigenvalue weighted by molar-refractivity contribution is 7.90. The van der Waals surface area contributed by atoms with Crippen LogP contribution in [0.1, 0.15) is 29.5 Å². The van der Waals surface area contributed by atoms with Gasteiger partial charge in [-0.15, -0.1) is 0 Å². The van der Waals surface area contributed by atoms with Crippen molar-refractivity contribution >= 4 is 10.1 Å². The van der Waals surface area contributed by atoms with Gasteiger partial charge in [0, 0.05) is 5.92 Å². The zero-order valence-electron chi connectivity index (χ0n) is 16.1. The molecule has 3 aromatic rings. The van der Waals surface area contributed by atoms with Crippen LogP contribution in [0.5, 0.6) is 0 Å². The lowest BCUT2D eigenvalue weighted by Crippen LogP contribution is -2.37. The first kappa shape index (κ1) is 19.4. The molecule has 0 spiro atoms. The Morgan fingerprint density at radius 3 is 1.83 bits per heavy atom. The van der Waals surface area contributed by atoms with Crippen LogP contribution in [0.4, 0.5) is 0 Å². The molecule has 1 heterocycles. The lowest BCUT2D eigenvalue weighted by molar-refractivity contribution is 0.0452. The summed E-state index contributed by atoms with van der Waals surface area (Å²) in [6, 6.07) is 29.2. The van der Waals surface area contributed by atoms with Crippen LogP contribution in [0, 0.1) is 0 Å². The van der Waals surface area contributed by atoms with Crippen LogP contribution in [-0.4, -0.2) is 14.0 Å². The summed E-state index contributed by atoms with van der Waals surface area (Å²) in [7, 11) is -3.86. The number of benzene rings is 3. The van der Waals surface area contributed by atoms with Crippen LogP contribution < -0.4 is 0 Å². The quantitative estimate of drug-likeness (QED) is 0.541. The zero-order valence-corrected chi connectivity index (χ0v) is 16.9. The van der Waals surface area contributed by atoms with E-state index in [9.17, 15) is 8.42 Å². The molecule has 0 saturated carbocycles. The SMILES string of the molecule is CC1(C(c2ccccc2)c2ccccc2)OS(=O)(=O)C=C1OCc1ccccc1. The second kappa shape index (κ2) is 7.85. The van der Waals surface area contributed by atoms with Crippen molar-refractivity contribution in [2.75, 3.05) is 0 Å². The van der Waals surface area contributed by atoms with Crippen molar-refractivity contribution in [3.05, 3.63) is 119 Å². The summed E-state index contributed by atoms with van der Waals surface area (Å²) in [4.78, 5) is 0. The van der Waals surface area contributed by atoms with Gasteiger partial charge in [0.25, 0.3) is 10.1 Å². The normalized spacial score (nSPS) is 20.4. The van der Waals surface area contributed by atoms with E-state index in [0.29, 0.717) is 5.76 Å². The van der Waals surface area contributed by atoms with Gasteiger partial charge in [0.1, 0.15) is 12.4 Å². The molecule has 1 aliphatic rings. The van der Waals surface area contributed by atoms with Crippen LogP contribution in [0.2, 0.25) is 0 Å². The topological polar surface area (TPSA) is 52.6 Å². The molecule has 0 amide bonds. The molecule has 1 atom stereocenters. The van der Waals surface area contributed by atoms with Gasteiger partial charge < -0.3 is 4.74 Å². The van der Waals surface area contributed by atoms with E-state index in [2.05, 4.69) is 0 Å². The lowest BCUT2D eigenvalue weighted by Gasteiger charge is -2.35. The fourth-order valence-corrected chi connectivity index (χ4v) is 5.05. The highest BCUT2D eigenvalue weighted by Crippen LogP contribution is 2.47. The molecule has 0 aliphatic carbocycles. The molecule has 0 radical (unpaired) electrons. The highest BCUT2D eigenvalue weighted by atomic mass is 32.2. The number of rotatable bonds is 6. The van der Waals surface area contributed by atoms with Gasteiger partial charge in [0.15, 0.2) is 5.60 Å². The maximum Gasteiger partial charge on any atom is 0.294 e. The Morgan fingerprint density at radius 1 is 0.828 bits per heavy atom. The molecule has 4 nitrogen and oxygen atoms in total. The monoisotopic (exact) mass is 406 g/mol. The van der Waals surface area contributed by atoms with Crippen molar-refractivity contribution in [2.24, 2.45) is 0 Å². The van der Waals surface area contributed by atoms with Crippen molar-refractivity contribution in [3.8, 4) is 0 Å². The minimum absolute atomic E-state index is 0.261. The molecule has 148 valence electrons. The van der Waals surface area contributed by atoms with Crippen LogP contribution in [0.25, 0.3) is 0 Å². The third kappa shape index (κ3) is 4.11. The van der Waals surface area contributed by atoms with Gasteiger partial charge in [-0.3, -0.25) is 4.18 Å². The number of ether oxygens (including phenoxy) is 1. The number of hydrogen-bond donors (Lipinski definition) is 0. The Morgan fingerprint density at radius 2 is 1.31 bits per heavy atom. The zero-order chi connectivity index (χ0) is 20.3. The largest absolute Gasteiger partial charge is 0.489 e. The van der Waals surface area contributed by atoms with E-state index in [1.165, 1.54) is 0 Å². The van der Waals surface area contributed by atoms with E-state index in [0.717, 1.165) is 22.1 Å². The van der Waals surface area contributed by atoms with Crippen molar-refractivity contribution < 1.29 is 17.3 Å². The fourth-order valence-electron chi connectivity index (χ4n) is 3.78. The van der Waals surface area contributed by atoms with Crippen molar-refractivity contribution in [1.82, 2.24) is 0 Å². The molecular weight excluding hydrogens is 384 g/mol. The summed E-state index contributed by atoms with van der Waals surface area (Å²) < 4.78 is 36.6. The molecular formula is C24H22O4S. The summed E-state index contributed by atoms with van der Waals surface area (Å²) in [6.07, 6.45) is 0. The molecule has 4 rings (SSSR count). The third-order valence-electron chi connectivity index (χ3n) is 5.08. The van der Waals surface area contributed by atoms with E-state index >= 15 is 0 Å². The average molecular weight is 407 g/mol. The van der Waals surface area contributed by atoms with E-state index in [1.807, 2.05) is 91.0 Å². The van der Waals surface area contributed by atoms with Crippen molar-refractivity contribution in [1.29, 1.82) is 0 Å². The van der Waals surface area contributed by atoms with Crippen LogP contribution in [0.3, 0.4) is 0 Å². The maximum absolute atomic E-state index is 12.5. The van der Waals surface area contributed by atoms with Crippen LogP contribution >= 0.6 is 0 Å². The first-order valence-electron chi connectivity index (χ1n) is 9.42. The van der Waals surface area contributed by atoms with Gasteiger partial charge in [-0.25, -0.2) is 0 Å². The summed E-state index contributed by atoms with van der Waals surface area (Å²) in [5.74, 6) is -0.0525. The second-order valence-electron chi connectivity index (χ2n) is 7.19. The molecule has 0 saturated heterocycles. The molecule has 29 heavy (non-hydrogen) atoms. The fraction of sp³-hybridized carbons (Fsp3) is 0.167. The van der Waals surface area contributed by atoms with Gasteiger partial charge in [-0.05, 0) is 23.6 Å². The predicted octanol–water partition coefficient (Wildman–Crippen LogP) is 5.00. The summed E-state index contributed by atoms with van der Waals surface area (Å²) in [6.45, 7) is 2.04. The molecule has 0 N–H and O–H groups in total. The van der Waals surface area contributed by atoms with Crippen molar-refractivity contribution in [3.63, 3.8) is 0 Å². The van der Waals surface area contributed by atoms with Gasteiger partial charge in [-0.2, -0.15) is 8.42 Å². The van der Waals surface area contributed by atoms with Gasteiger partial charge in [0.05, 0.1) is 5.41 Å². The Hall–Kier alpha value is -2.89. The van der Waals surface area contributed by atoms with E-state index in [-0.39, 0.29) is 12.5 Å². The highest BCUT2D eigenvalue weighted by Gasteiger charge is 2.50. The summed E-state index contributed by atoms with van der Waals surface area (Å²) in [5, 5.41) is 1.11. The molecule has 1 unspecified atom stereocenters. The first-order chi connectivity index (χ1) is 14.0. The molecule has 0 aromatic heterocycles. The number of hydrogen-bond acceptors (Lipinski definition) is 4. The Kier molecular flexibility index (Phi) is 5.26. The molecule has 1 aliphatic heterocycles. The average Bonchev–Trinajstić information content (AvgIpc) is 2.97. The lowest BCUT2D eigenvalue weighted by atomic mass is 9.77. The summed E-state index contributed by atoms with van der Waals surface area (Å²) >= 11 is 0. The van der Waals surface area contributed by atoms with Gasteiger partial charge in [-0.1, -0.05) is 91.0 Å². The second-order valence-corrected chi connectivity index (χ2v) is 8.58. The van der Waals surface area contributed by atoms with Crippen molar-refractivity contribution in [2.45, 2.75) is 25.0 Å². The Labute approximate surface area is 171 Å². The summed E-state index contributed by atoms with van der Waals surface area (Å²) in [5.41, 5.74) is 1.66. The molecule has 5 heteroatoms. The predicted molar refractivity (Wildman–Crippen MR) is 112 cm³/mol. The van der Waals surface area contributed by atoms with E-state index < -0.39 is 15.7 Å². The van der Waals surface area contributed by atoms with Gasteiger partial charge >= 0.3 is 0 Å². The third-order valence-corrected chi connectivity index (χ3v) is 6.17. The molecule has 0 bridgehead atoms. The van der Waals surface area contributed by atoms with Crippen LogP contribution in [-0.2, 0) is 25.6 Å². The van der Waals surface area contributed by atoms with Gasteiger partial charge in [0.2, 0.25) is 0 Å². The molecule has 0 fully saturated rings. The Balaban J connectivity index is 1.76. The minimum atomic E-state index is -3.86. The Bertz CT molecular complexity index is 1050. The maximum atomic E-state index is 12.5. The smallest absolute Gasteiger partial charge is 0.294 e. The minimum Gasteiger partial charge on any atom is -0.489 e. The first-order valence-corrected chi connectivity index (χ1v) is 10.9. The standard InChI is InChI=1S/C24H22O4S/c1-24(23(20-13-7-3-8-14-20)21-15-9-4-10-16-21)22(18-29(25,26)28-24)27-17-19-11-5-2-6-12-19/h2-16,18,23H,17H2,1H3.